The van der Waals surface area contributed by atoms with Crippen molar-refractivity contribution in [3.05, 3.63) is 60.4 Å². The Bertz CT molecular complexity index is 1170. The Balaban J connectivity index is 1.51. The van der Waals surface area contributed by atoms with Gasteiger partial charge in [0.25, 0.3) is 0 Å². The van der Waals surface area contributed by atoms with E-state index < -0.39 is 0 Å². The number of halogens is 1. The number of aromatic nitrogens is 4. The van der Waals surface area contributed by atoms with E-state index in [9.17, 15) is 9.50 Å². The molecule has 0 spiro atoms. The number of hydrogen-bond acceptors (Lipinski definition) is 8. The molecule has 166 valence electrons. The third-order valence-corrected chi connectivity index (χ3v) is 5.57. The molecule has 1 fully saturated rings. The van der Waals surface area contributed by atoms with Gasteiger partial charge in [-0.05, 0) is 36.4 Å². The van der Waals surface area contributed by atoms with Gasteiger partial charge in [-0.3, -0.25) is 4.90 Å². The second-order valence-electron chi connectivity index (χ2n) is 7.63. The van der Waals surface area contributed by atoms with Gasteiger partial charge in [-0.2, -0.15) is 15.1 Å². The van der Waals surface area contributed by atoms with Gasteiger partial charge in [0, 0.05) is 32.7 Å². The van der Waals surface area contributed by atoms with E-state index in [4.69, 9.17) is 14.4 Å². The fraction of sp³-hybridized carbons (Fsp3) is 0.318. The fourth-order valence-corrected chi connectivity index (χ4v) is 3.84. The Kier molecular flexibility index (Phi) is 5.70. The van der Waals surface area contributed by atoms with Crippen molar-refractivity contribution < 1.29 is 13.9 Å². The summed E-state index contributed by atoms with van der Waals surface area (Å²) in [6.45, 7) is 4.47. The van der Waals surface area contributed by atoms with E-state index in [0.717, 1.165) is 43.0 Å². The van der Waals surface area contributed by atoms with Crippen molar-refractivity contribution in [3.63, 3.8) is 0 Å². The van der Waals surface area contributed by atoms with Crippen molar-refractivity contribution >= 4 is 22.8 Å². The van der Waals surface area contributed by atoms with Crippen LogP contribution < -0.4 is 10.2 Å². The average molecular weight is 437 g/mol. The van der Waals surface area contributed by atoms with E-state index >= 15 is 0 Å². The van der Waals surface area contributed by atoms with Gasteiger partial charge in [-0.15, -0.1) is 0 Å². The Hall–Kier alpha value is -3.50. The SMILES string of the molecule is OCCN1CCN(c2nc(NCc3ccco3)c3cnn(-c4ccc(F)cc4)c3n2)CC1. The van der Waals surface area contributed by atoms with Crippen molar-refractivity contribution in [3.8, 4) is 5.69 Å². The molecule has 3 aromatic heterocycles. The van der Waals surface area contributed by atoms with E-state index in [2.05, 4.69) is 20.2 Å². The summed E-state index contributed by atoms with van der Waals surface area (Å²) in [6.07, 6.45) is 3.35. The van der Waals surface area contributed by atoms with Gasteiger partial charge >= 0.3 is 0 Å². The maximum absolute atomic E-state index is 13.4. The van der Waals surface area contributed by atoms with Crippen LogP contribution in [0.5, 0.6) is 0 Å². The molecule has 0 amide bonds. The maximum atomic E-state index is 13.4. The molecule has 5 rings (SSSR count). The number of fused-ring (bicyclic) bond motifs is 1. The van der Waals surface area contributed by atoms with Crippen molar-refractivity contribution in [1.82, 2.24) is 24.6 Å². The van der Waals surface area contributed by atoms with Crippen LogP contribution in [0.3, 0.4) is 0 Å². The smallest absolute Gasteiger partial charge is 0.229 e. The Morgan fingerprint density at radius 1 is 1.06 bits per heavy atom. The number of β-amino-alcohol motifs (C(OH)–C–C–N with tert-alkyl or cyclic N) is 1. The summed E-state index contributed by atoms with van der Waals surface area (Å²) in [5.41, 5.74) is 1.36. The summed E-state index contributed by atoms with van der Waals surface area (Å²) in [4.78, 5) is 14.0. The monoisotopic (exact) mass is 437 g/mol. The van der Waals surface area contributed by atoms with E-state index in [1.807, 2.05) is 12.1 Å². The highest BCUT2D eigenvalue weighted by Gasteiger charge is 2.22. The van der Waals surface area contributed by atoms with Gasteiger partial charge < -0.3 is 19.7 Å². The Labute approximate surface area is 184 Å². The number of nitrogens with one attached hydrogen (secondary N) is 1. The lowest BCUT2D eigenvalue weighted by atomic mass is 10.3. The molecular weight excluding hydrogens is 413 g/mol. The van der Waals surface area contributed by atoms with Crippen molar-refractivity contribution in [1.29, 1.82) is 0 Å². The molecule has 10 heteroatoms. The highest BCUT2D eigenvalue weighted by molar-refractivity contribution is 5.88. The van der Waals surface area contributed by atoms with Crippen molar-refractivity contribution in [2.45, 2.75) is 6.54 Å². The number of benzene rings is 1. The molecule has 9 nitrogen and oxygen atoms in total. The van der Waals surface area contributed by atoms with Crippen LogP contribution in [-0.4, -0.2) is 69.1 Å². The van der Waals surface area contributed by atoms with Crippen LogP contribution in [0.25, 0.3) is 16.7 Å². The number of nitrogens with zero attached hydrogens (tertiary/aromatic N) is 6. The van der Waals surface area contributed by atoms with Gasteiger partial charge in [0.15, 0.2) is 5.65 Å². The number of rotatable bonds is 7. The number of aliphatic hydroxyl groups is 1. The van der Waals surface area contributed by atoms with Crippen LogP contribution in [0.4, 0.5) is 16.2 Å². The van der Waals surface area contributed by atoms with E-state index in [0.29, 0.717) is 30.5 Å². The van der Waals surface area contributed by atoms with Crippen molar-refractivity contribution in [2.24, 2.45) is 0 Å². The molecule has 4 aromatic rings. The first-order valence-corrected chi connectivity index (χ1v) is 10.6. The standard InChI is InChI=1S/C22H24FN7O2/c23-16-3-5-17(6-4-16)30-21-19(15-25-30)20(24-14-18-2-1-13-32-18)26-22(27-21)29-9-7-28(8-10-29)11-12-31/h1-6,13,15,31H,7-12,14H2,(H,24,26,27). The Morgan fingerprint density at radius 3 is 2.59 bits per heavy atom. The fourth-order valence-electron chi connectivity index (χ4n) is 3.84. The number of hydrogen-bond donors (Lipinski definition) is 2. The third kappa shape index (κ3) is 4.14. The van der Waals surface area contributed by atoms with Crippen LogP contribution in [0.1, 0.15) is 5.76 Å². The largest absolute Gasteiger partial charge is 0.467 e. The minimum absolute atomic E-state index is 0.153. The number of anilines is 2. The van der Waals surface area contributed by atoms with Crippen LogP contribution >= 0.6 is 0 Å². The van der Waals surface area contributed by atoms with E-state index in [-0.39, 0.29) is 12.4 Å². The summed E-state index contributed by atoms with van der Waals surface area (Å²) in [5.74, 6) is 1.75. The molecule has 32 heavy (non-hydrogen) atoms. The zero-order valence-electron chi connectivity index (χ0n) is 17.5. The maximum Gasteiger partial charge on any atom is 0.229 e. The zero-order chi connectivity index (χ0) is 21.9. The molecule has 0 aliphatic carbocycles. The first-order chi connectivity index (χ1) is 15.7. The van der Waals surface area contributed by atoms with Crippen LogP contribution in [0.2, 0.25) is 0 Å². The number of furan rings is 1. The van der Waals surface area contributed by atoms with Crippen LogP contribution in [-0.2, 0) is 6.54 Å². The lowest BCUT2D eigenvalue weighted by Crippen LogP contribution is -2.47. The minimum atomic E-state index is -0.304. The second kappa shape index (κ2) is 8.93. The molecule has 0 radical (unpaired) electrons. The summed E-state index contributed by atoms with van der Waals surface area (Å²) in [6, 6.07) is 9.90. The summed E-state index contributed by atoms with van der Waals surface area (Å²) in [5, 5.41) is 17.8. The molecule has 1 aliphatic rings. The second-order valence-corrected chi connectivity index (χ2v) is 7.63. The topological polar surface area (TPSA) is 95.5 Å². The lowest BCUT2D eigenvalue weighted by molar-refractivity contribution is 0.188. The first-order valence-electron chi connectivity index (χ1n) is 10.6. The number of piperazine rings is 1. The van der Waals surface area contributed by atoms with Gasteiger partial charge in [0.2, 0.25) is 5.95 Å². The third-order valence-electron chi connectivity index (χ3n) is 5.57. The van der Waals surface area contributed by atoms with Gasteiger partial charge in [0.05, 0.1) is 36.7 Å². The van der Waals surface area contributed by atoms with Gasteiger partial charge in [-0.25, -0.2) is 9.07 Å². The Morgan fingerprint density at radius 2 is 1.88 bits per heavy atom. The van der Waals surface area contributed by atoms with Gasteiger partial charge in [0.1, 0.15) is 17.4 Å². The van der Waals surface area contributed by atoms with Crippen LogP contribution in [0, 0.1) is 5.82 Å². The molecule has 1 saturated heterocycles. The average Bonchev–Trinajstić information content (AvgIpc) is 3.49. The lowest BCUT2D eigenvalue weighted by Gasteiger charge is -2.34. The summed E-state index contributed by atoms with van der Waals surface area (Å²) in [7, 11) is 0. The zero-order valence-corrected chi connectivity index (χ0v) is 17.5. The molecule has 1 aliphatic heterocycles. The predicted octanol–water partition coefficient (Wildman–Crippen LogP) is 2.27. The molecular formula is C22H24FN7O2. The van der Waals surface area contributed by atoms with Crippen LogP contribution in [0.15, 0.2) is 53.3 Å². The molecule has 0 atom stereocenters. The minimum Gasteiger partial charge on any atom is -0.467 e. The molecule has 2 N–H and O–H groups in total. The highest BCUT2D eigenvalue weighted by atomic mass is 19.1. The summed E-state index contributed by atoms with van der Waals surface area (Å²) >= 11 is 0. The normalized spacial score (nSPS) is 14.9. The van der Waals surface area contributed by atoms with E-state index in [1.54, 1.807) is 29.3 Å². The molecule has 0 saturated carbocycles. The molecule has 0 unspecified atom stereocenters. The molecule has 4 heterocycles. The number of aliphatic hydroxyl groups excluding tert-OH is 1. The first kappa shape index (κ1) is 20.4. The predicted molar refractivity (Wildman–Crippen MR) is 118 cm³/mol. The van der Waals surface area contributed by atoms with E-state index in [1.165, 1.54) is 12.1 Å². The molecule has 0 bridgehead atoms. The summed E-state index contributed by atoms with van der Waals surface area (Å²) < 4.78 is 20.6. The van der Waals surface area contributed by atoms with Gasteiger partial charge in [-0.1, -0.05) is 0 Å². The quantitative estimate of drug-likeness (QED) is 0.455. The van der Waals surface area contributed by atoms with Crippen molar-refractivity contribution in [2.75, 3.05) is 49.5 Å². The molecule has 1 aromatic carbocycles. The highest BCUT2D eigenvalue weighted by Crippen LogP contribution is 2.26.